The van der Waals surface area contributed by atoms with E-state index in [0.717, 1.165) is 17.8 Å². The molecule has 0 radical (unpaired) electrons. The number of hydrogen-bond acceptors (Lipinski definition) is 4. The van der Waals surface area contributed by atoms with E-state index < -0.39 is 23.6 Å². The quantitative estimate of drug-likeness (QED) is 0.755. The fourth-order valence-corrected chi connectivity index (χ4v) is 3.30. The van der Waals surface area contributed by atoms with E-state index >= 15 is 0 Å². The minimum absolute atomic E-state index is 0.0278. The topological polar surface area (TPSA) is 61.9 Å². The highest BCUT2D eigenvalue weighted by Crippen LogP contribution is 2.21. The second-order valence-corrected chi connectivity index (χ2v) is 7.34. The fourth-order valence-electron chi connectivity index (χ4n) is 3.11. The molecule has 1 fully saturated rings. The van der Waals surface area contributed by atoms with Crippen molar-refractivity contribution in [2.24, 2.45) is 0 Å². The second kappa shape index (κ2) is 9.75. The lowest BCUT2D eigenvalue weighted by Gasteiger charge is -2.36. The summed E-state index contributed by atoms with van der Waals surface area (Å²) in [6.07, 6.45) is -0.970. The summed E-state index contributed by atoms with van der Waals surface area (Å²) in [5.74, 6) is -2.76. The molecular formula is C21H22ClF2N3O3. The first-order valence-corrected chi connectivity index (χ1v) is 9.89. The molecule has 0 aliphatic carbocycles. The van der Waals surface area contributed by atoms with Crippen LogP contribution in [-0.2, 0) is 9.59 Å². The van der Waals surface area contributed by atoms with Crippen LogP contribution in [0.1, 0.15) is 6.92 Å². The monoisotopic (exact) mass is 437 g/mol. The number of benzene rings is 2. The summed E-state index contributed by atoms with van der Waals surface area (Å²) >= 11 is 6.03. The second-order valence-electron chi connectivity index (χ2n) is 6.90. The molecule has 1 unspecified atom stereocenters. The summed E-state index contributed by atoms with van der Waals surface area (Å²) in [5, 5.41) is 3.18. The molecule has 30 heavy (non-hydrogen) atoms. The van der Waals surface area contributed by atoms with Gasteiger partial charge in [-0.1, -0.05) is 17.7 Å². The zero-order valence-corrected chi connectivity index (χ0v) is 17.2. The minimum Gasteiger partial charge on any atom is -0.481 e. The van der Waals surface area contributed by atoms with Crippen LogP contribution in [0.4, 0.5) is 14.5 Å². The largest absolute Gasteiger partial charge is 0.481 e. The number of halogens is 3. The molecular weight excluding hydrogens is 416 g/mol. The van der Waals surface area contributed by atoms with Crippen LogP contribution in [0.2, 0.25) is 5.02 Å². The molecule has 1 saturated heterocycles. The van der Waals surface area contributed by atoms with Gasteiger partial charge < -0.3 is 19.9 Å². The van der Waals surface area contributed by atoms with Gasteiger partial charge in [-0.2, -0.15) is 0 Å². The Balaban J connectivity index is 1.43. The van der Waals surface area contributed by atoms with Crippen LogP contribution in [0.15, 0.2) is 42.5 Å². The van der Waals surface area contributed by atoms with Crippen LogP contribution in [0, 0.1) is 11.6 Å². The van der Waals surface area contributed by atoms with E-state index in [2.05, 4.69) is 10.2 Å². The van der Waals surface area contributed by atoms with Crippen molar-refractivity contribution >= 4 is 29.1 Å². The maximum Gasteiger partial charge on any atom is 0.261 e. The van der Waals surface area contributed by atoms with Crippen molar-refractivity contribution in [1.82, 2.24) is 10.2 Å². The first-order valence-electron chi connectivity index (χ1n) is 9.51. The molecule has 2 aromatic rings. The predicted molar refractivity (Wildman–Crippen MR) is 110 cm³/mol. The third-order valence-corrected chi connectivity index (χ3v) is 5.03. The summed E-state index contributed by atoms with van der Waals surface area (Å²) < 4.78 is 31.5. The summed E-state index contributed by atoms with van der Waals surface area (Å²) in [6, 6.07) is 10.6. The van der Waals surface area contributed by atoms with Crippen LogP contribution in [0.25, 0.3) is 0 Å². The number of hydrogen-bond donors (Lipinski definition) is 1. The van der Waals surface area contributed by atoms with Gasteiger partial charge in [-0.05, 0) is 37.3 Å². The SMILES string of the molecule is CC(Oc1ccc(F)c(F)c1)C(=O)NCC(=O)N1CCN(c2cccc(Cl)c2)CC1. The average Bonchev–Trinajstić information content (AvgIpc) is 2.74. The zero-order chi connectivity index (χ0) is 21.7. The highest BCUT2D eigenvalue weighted by atomic mass is 35.5. The molecule has 6 nitrogen and oxygen atoms in total. The minimum atomic E-state index is -1.06. The van der Waals surface area contributed by atoms with E-state index in [0.29, 0.717) is 31.2 Å². The number of carbonyl (C=O) groups is 2. The number of nitrogens with zero attached hydrogens (tertiary/aromatic N) is 2. The molecule has 3 rings (SSSR count). The molecule has 9 heteroatoms. The number of anilines is 1. The van der Waals surface area contributed by atoms with E-state index in [1.165, 1.54) is 13.0 Å². The van der Waals surface area contributed by atoms with Crippen LogP contribution in [-0.4, -0.2) is 55.5 Å². The third kappa shape index (κ3) is 5.60. The normalized spacial score (nSPS) is 14.9. The summed E-state index contributed by atoms with van der Waals surface area (Å²) in [5.41, 5.74) is 1.01. The first kappa shape index (κ1) is 21.8. The Hall–Kier alpha value is -2.87. The fraction of sp³-hybridized carbons (Fsp3) is 0.333. The van der Waals surface area contributed by atoms with Crippen molar-refractivity contribution in [3.8, 4) is 5.75 Å². The van der Waals surface area contributed by atoms with E-state index in [1.807, 2.05) is 24.3 Å². The van der Waals surface area contributed by atoms with Gasteiger partial charge >= 0.3 is 0 Å². The molecule has 1 atom stereocenters. The van der Waals surface area contributed by atoms with Gasteiger partial charge in [0.1, 0.15) is 5.75 Å². The van der Waals surface area contributed by atoms with Gasteiger partial charge in [0, 0.05) is 43.0 Å². The Kier molecular flexibility index (Phi) is 7.10. The molecule has 1 N–H and O–H groups in total. The number of piperazine rings is 1. The van der Waals surface area contributed by atoms with Gasteiger partial charge in [0.15, 0.2) is 17.7 Å². The third-order valence-electron chi connectivity index (χ3n) is 4.79. The number of rotatable bonds is 6. The highest BCUT2D eigenvalue weighted by Gasteiger charge is 2.23. The molecule has 1 aliphatic heterocycles. The Bertz CT molecular complexity index is 920. The van der Waals surface area contributed by atoms with Crippen molar-refractivity contribution in [1.29, 1.82) is 0 Å². The molecule has 0 spiro atoms. The van der Waals surface area contributed by atoms with Gasteiger partial charge in [-0.15, -0.1) is 0 Å². The van der Waals surface area contributed by atoms with Gasteiger partial charge in [0.25, 0.3) is 5.91 Å². The molecule has 1 heterocycles. The van der Waals surface area contributed by atoms with Crippen LogP contribution in [0.5, 0.6) is 5.75 Å². The van der Waals surface area contributed by atoms with Crippen LogP contribution < -0.4 is 15.0 Å². The Labute approximate surface area is 178 Å². The van der Waals surface area contributed by atoms with Gasteiger partial charge in [0.05, 0.1) is 6.54 Å². The van der Waals surface area contributed by atoms with E-state index in [9.17, 15) is 18.4 Å². The maximum atomic E-state index is 13.2. The van der Waals surface area contributed by atoms with E-state index in [1.54, 1.807) is 4.90 Å². The molecule has 1 aliphatic rings. The molecule has 0 aromatic heterocycles. The lowest BCUT2D eigenvalue weighted by Crippen LogP contribution is -2.52. The highest BCUT2D eigenvalue weighted by molar-refractivity contribution is 6.30. The van der Waals surface area contributed by atoms with Gasteiger partial charge in [-0.25, -0.2) is 8.78 Å². The Morgan fingerprint density at radius 1 is 1.10 bits per heavy atom. The zero-order valence-electron chi connectivity index (χ0n) is 16.4. The predicted octanol–water partition coefficient (Wildman–Crippen LogP) is 2.85. The summed E-state index contributed by atoms with van der Waals surface area (Å²) in [7, 11) is 0. The molecule has 160 valence electrons. The number of ether oxygens (including phenoxy) is 1. The van der Waals surface area contributed by atoms with Crippen molar-refractivity contribution in [2.75, 3.05) is 37.6 Å². The number of nitrogens with one attached hydrogen (secondary N) is 1. The lowest BCUT2D eigenvalue weighted by molar-refractivity contribution is -0.134. The summed E-state index contributed by atoms with van der Waals surface area (Å²) in [4.78, 5) is 28.4. The molecule has 0 bridgehead atoms. The average molecular weight is 438 g/mol. The van der Waals surface area contributed by atoms with Crippen LogP contribution >= 0.6 is 11.6 Å². The lowest BCUT2D eigenvalue weighted by atomic mass is 10.2. The van der Waals surface area contributed by atoms with Gasteiger partial charge in [0.2, 0.25) is 5.91 Å². The van der Waals surface area contributed by atoms with Crippen molar-refractivity contribution in [3.63, 3.8) is 0 Å². The Morgan fingerprint density at radius 2 is 1.83 bits per heavy atom. The van der Waals surface area contributed by atoms with Gasteiger partial charge in [-0.3, -0.25) is 9.59 Å². The van der Waals surface area contributed by atoms with Crippen molar-refractivity contribution in [2.45, 2.75) is 13.0 Å². The molecule has 0 saturated carbocycles. The van der Waals surface area contributed by atoms with E-state index in [-0.39, 0.29) is 18.2 Å². The standard InChI is InChI=1S/C21H22ClF2N3O3/c1-14(30-17-5-6-18(23)19(24)12-17)21(29)25-13-20(28)27-9-7-26(8-10-27)16-4-2-3-15(22)11-16/h2-6,11-12,14H,7-10,13H2,1H3,(H,25,29). The van der Waals surface area contributed by atoms with E-state index in [4.69, 9.17) is 16.3 Å². The first-order chi connectivity index (χ1) is 14.3. The van der Waals surface area contributed by atoms with Crippen molar-refractivity contribution < 1.29 is 23.1 Å². The molecule has 2 amide bonds. The smallest absolute Gasteiger partial charge is 0.261 e. The molecule has 2 aromatic carbocycles. The number of carbonyl (C=O) groups excluding carboxylic acids is 2. The summed E-state index contributed by atoms with van der Waals surface area (Å²) in [6.45, 7) is 3.68. The maximum absolute atomic E-state index is 13.2. The Morgan fingerprint density at radius 3 is 2.50 bits per heavy atom. The number of amides is 2. The van der Waals surface area contributed by atoms with Crippen LogP contribution in [0.3, 0.4) is 0 Å². The van der Waals surface area contributed by atoms with Crippen molar-refractivity contribution in [3.05, 3.63) is 59.1 Å².